The Morgan fingerprint density at radius 2 is 2.18 bits per heavy atom. The zero-order chi connectivity index (χ0) is 19.7. The Bertz CT molecular complexity index is 1000. The van der Waals surface area contributed by atoms with E-state index in [9.17, 15) is 4.79 Å². The molecule has 0 spiro atoms. The topological polar surface area (TPSA) is 77.2 Å². The molecule has 3 aromatic rings. The summed E-state index contributed by atoms with van der Waals surface area (Å²) in [5.41, 5.74) is 4.67. The molecule has 0 saturated carbocycles. The highest BCUT2D eigenvalue weighted by Crippen LogP contribution is 2.29. The Kier molecular flexibility index (Phi) is 4.87. The monoisotopic (exact) mass is 380 g/mol. The smallest absolute Gasteiger partial charge is 0.221 e. The molecule has 3 heterocycles. The van der Waals surface area contributed by atoms with Gasteiger partial charge in [0, 0.05) is 42.5 Å². The molecular formula is C20H24N6O2. The van der Waals surface area contributed by atoms with Crippen LogP contribution in [0.4, 0.5) is 5.69 Å². The maximum absolute atomic E-state index is 11.3. The Morgan fingerprint density at radius 3 is 2.96 bits per heavy atom. The van der Waals surface area contributed by atoms with Crippen molar-refractivity contribution >= 4 is 11.6 Å². The molecule has 0 unspecified atom stereocenters. The third kappa shape index (κ3) is 3.91. The van der Waals surface area contributed by atoms with Gasteiger partial charge < -0.3 is 15.0 Å². The van der Waals surface area contributed by atoms with E-state index in [0.717, 1.165) is 47.0 Å². The van der Waals surface area contributed by atoms with Crippen molar-refractivity contribution in [2.75, 3.05) is 26.0 Å². The van der Waals surface area contributed by atoms with Crippen molar-refractivity contribution in [2.24, 2.45) is 0 Å². The quantitative estimate of drug-likeness (QED) is 0.734. The third-order valence-electron chi connectivity index (χ3n) is 4.65. The number of hydrogen-bond acceptors (Lipinski definition) is 5. The fraction of sp³-hybridized carbons (Fsp3) is 0.350. The highest BCUT2D eigenvalue weighted by Gasteiger charge is 2.18. The maximum Gasteiger partial charge on any atom is 0.221 e. The highest BCUT2D eigenvalue weighted by molar-refractivity contribution is 5.88. The van der Waals surface area contributed by atoms with Crippen molar-refractivity contribution in [3.05, 3.63) is 47.9 Å². The third-order valence-corrected chi connectivity index (χ3v) is 4.65. The summed E-state index contributed by atoms with van der Waals surface area (Å²) in [5.74, 6) is 0.673. The molecule has 8 heteroatoms. The molecule has 1 aromatic carbocycles. The van der Waals surface area contributed by atoms with Crippen LogP contribution < -0.4 is 10.1 Å². The van der Waals surface area contributed by atoms with E-state index in [0.29, 0.717) is 13.2 Å². The average molecular weight is 380 g/mol. The molecule has 1 N–H and O–H groups in total. The molecule has 0 fully saturated rings. The van der Waals surface area contributed by atoms with Crippen LogP contribution in [0.3, 0.4) is 0 Å². The largest absolute Gasteiger partial charge is 0.487 e. The predicted octanol–water partition coefficient (Wildman–Crippen LogP) is 2.21. The lowest BCUT2D eigenvalue weighted by Crippen LogP contribution is -2.18. The summed E-state index contributed by atoms with van der Waals surface area (Å²) in [6.07, 6.45) is 3.88. The van der Waals surface area contributed by atoms with Crippen LogP contribution in [0.1, 0.15) is 18.2 Å². The van der Waals surface area contributed by atoms with Gasteiger partial charge in [0.05, 0.1) is 30.7 Å². The standard InChI is InChI=1S/C20H24N6O2/c1-14(27)22-17-5-4-15-12-26-18(13-28-20(15)8-17)9-19(23-26)16-10-21-25(11-16)7-6-24(2)3/h4-5,8-11H,6-7,12-13H2,1-3H3,(H,22,27). The second kappa shape index (κ2) is 7.47. The zero-order valence-electron chi connectivity index (χ0n) is 16.3. The van der Waals surface area contributed by atoms with Crippen LogP contribution in [0.5, 0.6) is 5.75 Å². The molecule has 146 valence electrons. The van der Waals surface area contributed by atoms with E-state index in [1.165, 1.54) is 6.92 Å². The van der Waals surface area contributed by atoms with Gasteiger partial charge in [-0.1, -0.05) is 6.07 Å². The molecule has 1 aliphatic heterocycles. The summed E-state index contributed by atoms with van der Waals surface area (Å²) in [4.78, 5) is 13.4. The first-order valence-corrected chi connectivity index (χ1v) is 9.25. The number of amides is 1. The number of hydrogen-bond donors (Lipinski definition) is 1. The Morgan fingerprint density at radius 1 is 1.32 bits per heavy atom. The number of benzene rings is 1. The molecule has 1 amide bonds. The van der Waals surface area contributed by atoms with Crippen molar-refractivity contribution in [3.63, 3.8) is 0 Å². The number of rotatable bonds is 5. The van der Waals surface area contributed by atoms with Crippen LogP contribution in [0.2, 0.25) is 0 Å². The lowest BCUT2D eigenvalue weighted by Gasteiger charge is -2.09. The SMILES string of the molecule is CC(=O)Nc1ccc2c(c1)OCc1cc(-c3cnn(CCN(C)C)c3)nn1C2. The summed E-state index contributed by atoms with van der Waals surface area (Å²) < 4.78 is 9.89. The summed E-state index contributed by atoms with van der Waals surface area (Å²) in [7, 11) is 4.10. The highest BCUT2D eigenvalue weighted by atomic mass is 16.5. The first-order chi connectivity index (χ1) is 13.5. The second-order valence-corrected chi connectivity index (χ2v) is 7.27. The maximum atomic E-state index is 11.3. The number of ether oxygens (including phenoxy) is 1. The minimum absolute atomic E-state index is 0.0998. The zero-order valence-corrected chi connectivity index (χ0v) is 16.3. The Balaban J connectivity index is 1.53. The molecule has 0 bridgehead atoms. The van der Waals surface area contributed by atoms with Gasteiger partial charge in [0.15, 0.2) is 0 Å². The predicted molar refractivity (Wildman–Crippen MR) is 106 cm³/mol. The first-order valence-electron chi connectivity index (χ1n) is 9.25. The molecular weight excluding hydrogens is 356 g/mol. The van der Waals surface area contributed by atoms with Crippen LogP contribution in [0.15, 0.2) is 36.7 Å². The molecule has 0 radical (unpaired) electrons. The molecule has 8 nitrogen and oxygen atoms in total. The van der Waals surface area contributed by atoms with E-state index in [4.69, 9.17) is 9.84 Å². The second-order valence-electron chi connectivity index (χ2n) is 7.27. The van der Waals surface area contributed by atoms with E-state index >= 15 is 0 Å². The first kappa shape index (κ1) is 18.2. The van der Waals surface area contributed by atoms with Gasteiger partial charge in [0.1, 0.15) is 12.4 Å². The van der Waals surface area contributed by atoms with Gasteiger partial charge in [-0.2, -0.15) is 10.2 Å². The van der Waals surface area contributed by atoms with E-state index in [-0.39, 0.29) is 5.91 Å². The van der Waals surface area contributed by atoms with Crippen molar-refractivity contribution < 1.29 is 9.53 Å². The van der Waals surface area contributed by atoms with Gasteiger partial charge in [0.25, 0.3) is 0 Å². The lowest BCUT2D eigenvalue weighted by atomic mass is 10.2. The number of fused-ring (bicyclic) bond motifs is 2. The molecule has 1 aliphatic rings. The van der Waals surface area contributed by atoms with Crippen molar-refractivity contribution in [2.45, 2.75) is 26.6 Å². The summed E-state index contributed by atoms with van der Waals surface area (Å²) in [6, 6.07) is 7.76. The van der Waals surface area contributed by atoms with E-state index in [1.807, 2.05) is 60.1 Å². The summed E-state index contributed by atoms with van der Waals surface area (Å²) in [5, 5.41) is 12.0. The molecule has 0 saturated heterocycles. The van der Waals surface area contributed by atoms with Crippen LogP contribution in [0, 0.1) is 0 Å². The van der Waals surface area contributed by atoms with Crippen LogP contribution in [0.25, 0.3) is 11.3 Å². The molecule has 0 aliphatic carbocycles. The minimum Gasteiger partial charge on any atom is -0.487 e. The molecule has 28 heavy (non-hydrogen) atoms. The number of carbonyl (C=O) groups is 1. The Hall–Kier alpha value is -3.13. The van der Waals surface area contributed by atoms with Crippen molar-refractivity contribution in [1.82, 2.24) is 24.5 Å². The van der Waals surface area contributed by atoms with Gasteiger partial charge in [0.2, 0.25) is 5.91 Å². The van der Waals surface area contributed by atoms with Crippen molar-refractivity contribution in [1.29, 1.82) is 0 Å². The van der Waals surface area contributed by atoms with E-state index in [1.54, 1.807) is 0 Å². The summed E-state index contributed by atoms with van der Waals surface area (Å²) >= 11 is 0. The number of likely N-dealkylation sites (N-methyl/N-ethyl adjacent to an activating group) is 1. The Labute approximate surface area is 163 Å². The number of aromatic nitrogens is 4. The van der Waals surface area contributed by atoms with Crippen LogP contribution >= 0.6 is 0 Å². The summed E-state index contributed by atoms with van der Waals surface area (Å²) in [6.45, 7) is 4.32. The normalized spacial score (nSPS) is 12.9. The number of nitrogens with one attached hydrogen (secondary N) is 1. The van der Waals surface area contributed by atoms with Crippen LogP contribution in [-0.2, 0) is 24.5 Å². The number of nitrogens with zero attached hydrogens (tertiary/aromatic N) is 5. The van der Waals surface area contributed by atoms with Gasteiger partial charge in [-0.3, -0.25) is 14.2 Å². The average Bonchev–Trinajstić information content (AvgIpc) is 3.23. The minimum atomic E-state index is -0.0998. The fourth-order valence-electron chi connectivity index (χ4n) is 3.18. The molecule has 2 aromatic heterocycles. The molecule has 0 atom stereocenters. The lowest BCUT2D eigenvalue weighted by molar-refractivity contribution is -0.114. The van der Waals surface area contributed by atoms with Gasteiger partial charge in [-0.15, -0.1) is 0 Å². The number of anilines is 1. The van der Waals surface area contributed by atoms with Gasteiger partial charge >= 0.3 is 0 Å². The van der Waals surface area contributed by atoms with Gasteiger partial charge in [-0.05, 0) is 26.2 Å². The van der Waals surface area contributed by atoms with E-state index in [2.05, 4.69) is 15.3 Å². The fourth-order valence-corrected chi connectivity index (χ4v) is 3.18. The van der Waals surface area contributed by atoms with E-state index < -0.39 is 0 Å². The van der Waals surface area contributed by atoms with Crippen molar-refractivity contribution in [3.8, 4) is 17.0 Å². The number of carbonyl (C=O) groups excluding carboxylic acids is 1. The molecule has 4 rings (SSSR count). The van der Waals surface area contributed by atoms with Gasteiger partial charge in [-0.25, -0.2) is 0 Å². The van der Waals surface area contributed by atoms with Crippen LogP contribution in [-0.4, -0.2) is 51.0 Å².